The van der Waals surface area contributed by atoms with E-state index in [4.69, 9.17) is 4.74 Å². The highest BCUT2D eigenvalue weighted by molar-refractivity contribution is 5.38. The third kappa shape index (κ3) is 2.24. The molecule has 0 amide bonds. The number of hydrogen-bond acceptors (Lipinski definition) is 2. The van der Waals surface area contributed by atoms with Crippen LogP contribution in [0.1, 0.15) is 24.8 Å². The van der Waals surface area contributed by atoms with Crippen LogP contribution < -0.4 is 4.74 Å². The highest BCUT2D eigenvalue weighted by Crippen LogP contribution is 2.51. The van der Waals surface area contributed by atoms with Gasteiger partial charge >= 0.3 is 0 Å². The Morgan fingerprint density at radius 3 is 2.39 bits per heavy atom. The van der Waals surface area contributed by atoms with Gasteiger partial charge < -0.3 is 9.84 Å². The minimum Gasteiger partial charge on any atom is -0.457 e. The first kappa shape index (κ1) is 11.3. The van der Waals surface area contributed by atoms with Crippen molar-refractivity contribution < 1.29 is 9.84 Å². The van der Waals surface area contributed by atoms with Gasteiger partial charge in [0, 0.05) is 5.92 Å². The van der Waals surface area contributed by atoms with Gasteiger partial charge in [-0.25, -0.2) is 0 Å². The summed E-state index contributed by atoms with van der Waals surface area (Å²) in [5, 5.41) is 9.88. The fourth-order valence-corrected chi connectivity index (χ4v) is 2.25. The Bertz CT molecular complexity index is 546. The zero-order chi connectivity index (χ0) is 12.6. The first-order valence-corrected chi connectivity index (χ1v) is 6.20. The SMILES string of the molecule is CC1(O)CC1c1cccc(Oc2ccccc2)c1. The molecule has 2 aromatic carbocycles. The van der Waals surface area contributed by atoms with Gasteiger partial charge in [0.2, 0.25) is 0 Å². The molecule has 0 spiro atoms. The summed E-state index contributed by atoms with van der Waals surface area (Å²) in [6.45, 7) is 1.88. The minimum atomic E-state index is -0.536. The average molecular weight is 240 g/mol. The molecule has 0 bridgehead atoms. The highest BCUT2D eigenvalue weighted by atomic mass is 16.5. The number of ether oxygens (including phenoxy) is 1. The predicted octanol–water partition coefficient (Wildman–Crippen LogP) is 3.72. The lowest BCUT2D eigenvalue weighted by Gasteiger charge is -2.08. The van der Waals surface area contributed by atoms with Crippen molar-refractivity contribution in [2.24, 2.45) is 0 Å². The maximum atomic E-state index is 9.88. The van der Waals surface area contributed by atoms with E-state index in [0.717, 1.165) is 23.5 Å². The zero-order valence-electron chi connectivity index (χ0n) is 10.3. The van der Waals surface area contributed by atoms with E-state index in [-0.39, 0.29) is 5.92 Å². The monoisotopic (exact) mass is 240 g/mol. The smallest absolute Gasteiger partial charge is 0.127 e. The van der Waals surface area contributed by atoms with Gasteiger partial charge in [-0.05, 0) is 43.2 Å². The molecule has 0 heterocycles. The van der Waals surface area contributed by atoms with E-state index in [9.17, 15) is 5.11 Å². The third-order valence-corrected chi connectivity index (χ3v) is 3.45. The summed E-state index contributed by atoms with van der Waals surface area (Å²) in [6, 6.07) is 17.7. The van der Waals surface area contributed by atoms with Crippen molar-refractivity contribution in [3.05, 3.63) is 60.2 Å². The number of hydrogen-bond donors (Lipinski definition) is 1. The summed E-state index contributed by atoms with van der Waals surface area (Å²) in [5.41, 5.74) is 0.610. The van der Waals surface area contributed by atoms with E-state index in [2.05, 4.69) is 0 Å². The second kappa shape index (κ2) is 4.14. The van der Waals surface area contributed by atoms with Crippen LogP contribution in [0.25, 0.3) is 0 Å². The van der Waals surface area contributed by atoms with Crippen LogP contribution in [-0.2, 0) is 0 Å². The van der Waals surface area contributed by atoms with Crippen molar-refractivity contribution in [3.63, 3.8) is 0 Å². The average Bonchev–Trinajstić information content (AvgIpc) is 3.00. The second-order valence-corrected chi connectivity index (χ2v) is 5.10. The van der Waals surface area contributed by atoms with Gasteiger partial charge in [0.1, 0.15) is 11.5 Å². The van der Waals surface area contributed by atoms with E-state index in [0.29, 0.717) is 0 Å². The van der Waals surface area contributed by atoms with Crippen molar-refractivity contribution >= 4 is 0 Å². The summed E-state index contributed by atoms with van der Waals surface area (Å²) in [4.78, 5) is 0. The van der Waals surface area contributed by atoms with Gasteiger partial charge in [0.25, 0.3) is 0 Å². The van der Waals surface area contributed by atoms with Gasteiger partial charge in [0.05, 0.1) is 5.60 Å². The van der Waals surface area contributed by atoms with Crippen molar-refractivity contribution in [2.45, 2.75) is 24.9 Å². The molecule has 2 atom stereocenters. The lowest BCUT2D eigenvalue weighted by Crippen LogP contribution is -2.02. The van der Waals surface area contributed by atoms with Crippen LogP contribution in [0.4, 0.5) is 0 Å². The quantitative estimate of drug-likeness (QED) is 0.886. The molecule has 2 unspecified atom stereocenters. The largest absolute Gasteiger partial charge is 0.457 e. The molecule has 3 rings (SSSR count). The highest BCUT2D eigenvalue weighted by Gasteiger charge is 2.49. The normalized spacial score (nSPS) is 25.8. The van der Waals surface area contributed by atoms with Gasteiger partial charge in [-0.1, -0.05) is 30.3 Å². The number of benzene rings is 2. The molecule has 0 radical (unpaired) electrons. The van der Waals surface area contributed by atoms with Crippen LogP contribution in [0, 0.1) is 0 Å². The van der Waals surface area contributed by atoms with Crippen LogP contribution in [0.15, 0.2) is 54.6 Å². The van der Waals surface area contributed by atoms with Gasteiger partial charge in [0.15, 0.2) is 0 Å². The zero-order valence-corrected chi connectivity index (χ0v) is 10.3. The Morgan fingerprint density at radius 1 is 1.06 bits per heavy atom. The first-order chi connectivity index (χ1) is 8.65. The van der Waals surface area contributed by atoms with E-state index < -0.39 is 5.60 Å². The Balaban J connectivity index is 1.80. The Labute approximate surface area is 107 Å². The second-order valence-electron chi connectivity index (χ2n) is 5.10. The van der Waals surface area contributed by atoms with Gasteiger partial charge in [-0.3, -0.25) is 0 Å². The molecule has 1 N–H and O–H groups in total. The van der Waals surface area contributed by atoms with Crippen molar-refractivity contribution in [1.29, 1.82) is 0 Å². The van der Waals surface area contributed by atoms with Crippen LogP contribution in [-0.4, -0.2) is 10.7 Å². The topological polar surface area (TPSA) is 29.5 Å². The van der Waals surface area contributed by atoms with E-state index in [1.54, 1.807) is 0 Å². The molecule has 1 saturated carbocycles. The van der Waals surface area contributed by atoms with Gasteiger partial charge in [-0.15, -0.1) is 0 Å². The molecule has 0 saturated heterocycles. The minimum absolute atomic E-state index is 0.247. The fraction of sp³-hybridized carbons (Fsp3) is 0.250. The maximum Gasteiger partial charge on any atom is 0.127 e. The van der Waals surface area contributed by atoms with Crippen LogP contribution in [0.5, 0.6) is 11.5 Å². The van der Waals surface area contributed by atoms with Crippen LogP contribution in [0.2, 0.25) is 0 Å². The molecule has 2 heteroatoms. The van der Waals surface area contributed by atoms with E-state index in [1.165, 1.54) is 0 Å². The standard InChI is InChI=1S/C16H16O2/c1-16(17)11-15(16)12-6-5-9-14(10-12)18-13-7-3-2-4-8-13/h2-10,15,17H,11H2,1H3. The molecular weight excluding hydrogens is 224 g/mol. The summed E-state index contributed by atoms with van der Waals surface area (Å²) in [6.07, 6.45) is 0.835. The first-order valence-electron chi connectivity index (χ1n) is 6.20. The molecule has 2 aromatic rings. The van der Waals surface area contributed by atoms with Crippen LogP contribution in [0.3, 0.4) is 0 Å². The maximum absolute atomic E-state index is 9.88. The molecule has 0 aromatic heterocycles. The number of aliphatic hydroxyl groups is 1. The lowest BCUT2D eigenvalue weighted by atomic mass is 10.1. The number of para-hydroxylation sites is 1. The lowest BCUT2D eigenvalue weighted by molar-refractivity contribution is 0.164. The Hall–Kier alpha value is -1.80. The molecule has 2 nitrogen and oxygen atoms in total. The van der Waals surface area contributed by atoms with Crippen LogP contribution >= 0.6 is 0 Å². The van der Waals surface area contributed by atoms with Crippen molar-refractivity contribution in [2.75, 3.05) is 0 Å². The summed E-state index contributed by atoms with van der Waals surface area (Å²) in [7, 11) is 0. The van der Waals surface area contributed by atoms with Crippen molar-refractivity contribution in [1.82, 2.24) is 0 Å². The Kier molecular flexibility index (Phi) is 2.60. The molecule has 92 valence electrons. The van der Waals surface area contributed by atoms with Crippen molar-refractivity contribution in [3.8, 4) is 11.5 Å². The molecule has 18 heavy (non-hydrogen) atoms. The molecule has 1 aliphatic carbocycles. The third-order valence-electron chi connectivity index (χ3n) is 3.45. The molecule has 1 fully saturated rings. The summed E-state index contributed by atoms with van der Waals surface area (Å²) < 4.78 is 5.78. The number of rotatable bonds is 3. The van der Waals surface area contributed by atoms with E-state index in [1.807, 2.05) is 61.5 Å². The predicted molar refractivity (Wildman–Crippen MR) is 70.9 cm³/mol. The van der Waals surface area contributed by atoms with E-state index >= 15 is 0 Å². The Morgan fingerprint density at radius 2 is 1.72 bits per heavy atom. The molecular formula is C16H16O2. The molecule has 0 aliphatic heterocycles. The summed E-state index contributed by atoms with van der Waals surface area (Å²) >= 11 is 0. The fourth-order valence-electron chi connectivity index (χ4n) is 2.25. The summed E-state index contributed by atoms with van der Waals surface area (Å²) in [5.74, 6) is 1.90. The molecule has 1 aliphatic rings. The van der Waals surface area contributed by atoms with Gasteiger partial charge in [-0.2, -0.15) is 0 Å².